The Bertz CT molecular complexity index is 1280. The van der Waals surface area contributed by atoms with Crippen molar-refractivity contribution in [3.05, 3.63) is 77.3 Å². The lowest BCUT2D eigenvalue weighted by Gasteiger charge is -2.07. The Morgan fingerprint density at radius 2 is 1.84 bits per heavy atom. The lowest BCUT2D eigenvalue weighted by molar-refractivity contribution is -0.111. The first-order valence-corrected chi connectivity index (χ1v) is 9.82. The molecule has 0 radical (unpaired) electrons. The summed E-state index contributed by atoms with van der Waals surface area (Å²) >= 11 is 6.23. The van der Waals surface area contributed by atoms with Gasteiger partial charge < -0.3 is 19.2 Å². The smallest absolute Gasteiger partial charge is 0.248 e. The van der Waals surface area contributed by atoms with Crippen LogP contribution in [0.25, 0.3) is 28.6 Å². The van der Waals surface area contributed by atoms with Crippen LogP contribution < -0.4 is 14.8 Å². The SMILES string of the molecule is COc1ccc(/C=C/C(=O)Nc2ccc3nc(-c4ccccc4Cl)oc3c2)cc1OC. The molecule has 1 N–H and O–H groups in total. The van der Waals surface area contributed by atoms with Gasteiger partial charge in [0.2, 0.25) is 11.8 Å². The number of fused-ring (bicyclic) bond motifs is 1. The van der Waals surface area contributed by atoms with E-state index < -0.39 is 0 Å². The Morgan fingerprint density at radius 1 is 1.03 bits per heavy atom. The summed E-state index contributed by atoms with van der Waals surface area (Å²) in [6, 6.07) is 18.0. The molecule has 0 fully saturated rings. The van der Waals surface area contributed by atoms with Crippen molar-refractivity contribution in [3.8, 4) is 23.0 Å². The fourth-order valence-corrected chi connectivity index (χ4v) is 3.28. The van der Waals surface area contributed by atoms with E-state index in [9.17, 15) is 4.79 Å². The van der Waals surface area contributed by atoms with Crippen LogP contribution >= 0.6 is 11.6 Å². The minimum atomic E-state index is -0.278. The third-order valence-electron chi connectivity index (χ3n) is 4.59. The fraction of sp³-hybridized carbons (Fsp3) is 0.0833. The van der Waals surface area contributed by atoms with Crippen molar-refractivity contribution < 1.29 is 18.7 Å². The summed E-state index contributed by atoms with van der Waals surface area (Å²) < 4.78 is 16.3. The maximum Gasteiger partial charge on any atom is 0.248 e. The largest absolute Gasteiger partial charge is 0.493 e. The summed E-state index contributed by atoms with van der Waals surface area (Å²) in [6.07, 6.45) is 3.14. The van der Waals surface area contributed by atoms with E-state index in [1.54, 1.807) is 56.7 Å². The van der Waals surface area contributed by atoms with Crippen molar-refractivity contribution in [2.75, 3.05) is 19.5 Å². The molecule has 1 heterocycles. The molecule has 0 bridgehead atoms. The topological polar surface area (TPSA) is 73.6 Å². The third kappa shape index (κ3) is 4.54. The van der Waals surface area contributed by atoms with Crippen LogP contribution in [0.5, 0.6) is 11.5 Å². The van der Waals surface area contributed by atoms with Crippen LogP contribution in [-0.4, -0.2) is 25.1 Å². The number of halogens is 1. The Labute approximate surface area is 184 Å². The number of ether oxygens (including phenoxy) is 2. The van der Waals surface area contributed by atoms with Gasteiger partial charge in [-0.25, -0.2) is 4.98 Å². The molecule has 0 aliphatic heterocycles. The van der Waals surface area contributed by atoms with Gasteiger partial charge in [0.05, 0.1) is 24.8 Å². The molecule has 0 aliphatic rings. The van der Waals surface area contributed by atoms with Gasteiger partial charge in [-0.15, -0.1) is 0 Å². The fourth-order valence-electron chi connectivity index (χ4n) is 3.06. The minimum absolute atomic E-state index is 0.278. The van der Waals surface area contributed by atoms with Crippen LogP contribution in [0.3, 0.4) is 0 Å². The van der Waals surface area contributed by atoms with Crippen LogP contribution in [0, 0.1) is 0 Å². The van der Waals surface area contributed by atoms with Gasteiger partial charge in [-0.05, 0) is 48.0 Å². The number of carbonyl (C=O) groups excluding carboxylic acids is 1. The standard InChI is InChI=1S/C24H19ClN2O4/c1-29-20-11-7-15(13-22(20)30-2)8-12-23(28)26-16-9-10-19-21(14-16)31-24(27-19)17-5-3-4-6-18(17)25/h3-14H,1-2H3,(H,26,28)/b12-8+. The summed E-state index contributed by atoms with van der Waals surface area (Å²) in [6.45, 7) is 0. The summed E-state index contributed by atoms with van der Waals surface area (Å²) in [7, 11) is 3.14. The van der Waals surface area contributed by atoms with E-state index in [0.717, 1.165) is 5.56 Å². The van der Waals surface area contributed by atoms with Gasteiger partial charge in [0, 0.05) is 17.8 Å². The molecule has 0 aliphatic carbocycles. The summed E-state index contributed by atoms with van der Waals surface area (Å²) in [5, 5.41) is 3.38. The highest BCUT2D eigenvalue weighted by molar-refractivity contribution is 6.33. The zero-order chi connectivity index (χ0) is 21.8. The van der Waals surface area contributed by atoms with Gasteiger partial charge in [-0.1, -0.05) is 29.8 Å². The van der Waals surface area contributed by atoms with Gasteiger partial charge in [0.25, 0.3) is 0 Å². The lowest BCUT2D eigenvalue weighted by Crippen LogP contribution is -2.07. The van der Waals surface area contributed by atoms with Crippen LogP contribution in [0.1, 0.15) is 5.56 Å². The number of benzene rings is 3. The average molecular weight is 435 g/mol. The second-order valence-corrected chi connectivity index (χ2v) is 7.03. The number of hydrogen-bond donors (Lipinski definition) is 1. The normalized spacial score (nSPS) is 11.1. The number of oxazole rings is 1. The van der Waals surface area contributed by atoms with Crippen LogP contribution in [0.2, 0.25) is 5.02 Å². The molecule has 4 aromatic rings. The highest BCUT2D eigenvalue weighted by Gasteiger charge is 2.12. The maximum atomic E-state index is 12.4. The first-order chi connectivity index (χ1) is 15.1. The Balaban J connectivity index is 1.50. The van der Waals surface area contributed by atoms with Crippen molar-refractivity contribution >= 4 is 40.4 Å². The number of anilines is 1. The van der Waals surface area contributed by atoms with E-state index in [4.69, 9.17) is 25.5 Å². The van der Waals surface area contributed by atoms with Crippen molar-refractivity contribution in [1.29, 1.82) is 0 Å². The Hall–Kier alpha value is -3.77. The maximum absolute atomic E-state index is 12.4. The van der Waals surface area contributed by atoms with Gasteiger partial charge in [-0.3, -0.25) is 4.79 Å². The molecule has 0 atom stereocenters. The number of carbonyl (C=O) groups is 1. The van der Waals surface area contributed by atoms with Gasteiger partial charge in [0.15, 0.2) is 17.1 Å². The van der Waals surface area contributed by atoms with E-state index in [-0.39, 0.29) is 5.91 Å². The Morgan fingerprint density at radius 3 is 2.61 bits per heavy atom. The lowest BCUT2D eigenvalue weighted by atomic mass is 10.2. The van der Waals surface area contributed by atoms with Crippen LogP contribution in [-0.2, 0) is 4.79 Å². The van der Waals surface area contributed by atoms with E-state index in [1.165, 1.54) is 6.08 Å². The van der Waals surface area contributed by atoms with Gasteiger partial charge in [0.1, 0.15) is 5.52 Å². The number of nitrogens with zero attached hydrogens (tertiary/aromatic N) is 1. The molecule has 4 rings (SSSR count). The zero-order valence-electron chi connectivity index (χ0n) is 16.9. The molecular formula is C24H19ClN2O4. The molecule has 156 valence electrons. The van der Waals surface area contributed by atoms with E-state index in [0.29, 0.717) is 44.8 Å². The molecule has 1 amide bonds. The molecule has 0 spiro atoms. The quantitative estimate of drug-likeness (QED) is 0.387. The predicted molar refractivity (Wildman–Crippen MR) is 122 cm³/mol. The molecule has 31 heavy (non-hydrogen) atoms. The van der Waals surface area contributed by atoms with Crippen molar-refractivity contribution in [2.24, 2.45) is 0 Å². The van der Waals surface area contributed by atoms with E-state index >= 15 is 0 Å². The third-order valence-corrected chi connectivity index (χ3v) is 4.92. The first-order valence-electron chi connectivity index (χ1n) is 9.44. The molecule has 0 saturated heterocycles. The van der Waals surface area contributed by atoms with Crippen LogP contribution in [0.15, 0.2) is 71.2 Å². The number of rotatable bonds is 6. The molecule has 7 heteroatoms. The number of hydrogen-bond acceptors (Lipinski definition) is 5. The Kier molecular flexibility index (Phi) is 5.91. The van der Waals surface area contributed by atoms with Gasteiger partial charge >= 0.3 is 0 Å². The zero-order valence-corrected chi connectivity index (χ0v) is 17.6. The van der Waals surface area contributed by atoms with Crippen molar-refractivity contribution in [2.45, 2.75) is 0 Å². The minimum Gasteiger partial charge on any atom is -0.493 e. The van der Waals surface area contributed by atoms with Crippen LogP contribution in [0.4, 0.5) is 5.69 Å². The molecule has 0 saturated carbocycles. The van der Waals surface area contributed by atoms with Crippen molar-refractivity contribution in [3.63, 3.8) is 0 Å². The summed E-state index contributed by atoms with van der Waals surface area (Å²) in [4.78, 5) is 16.8. The van der Waals surface area contributed by atoms with Crippen molar-refractivity contribution in [1.82, 2.24) is 4.98 Å². The number of amides is 1. The average Bonchev–Trinajstić information content (AvgIpc) is 3.21. The van der Waals surface area contributed by atoms with E-state index in [1.807, 2.05) is 24.3 Å². The molecule has 0 unspecified atom stereocenters. The monoisotopic (exact) mass is 434 g/mol. The van der Waals surface area contributed by atoms with E-state index in [2.05, 4.69) is 10.3 Å². The molecular weight excluding hydrogens is 416 g/mol. The molecule has 1 aromatic heterocycles. The summed E-state index contributed by atoms with van der Waals surface area (Å²) in [5.74, 6) is 1.37. The molecule has 3 aromatic carbocycles. The number of nitrogens with one attached hydrogen (secondary N) is 1. The number of methoxy groups -OCH3 is 2. The van der Waals surface area contributed by atoms with Gasteiger partial charge in [-0.2, -0.15) is 0 Å². The second-order valence-electron chi connectivity index (χ2n) is 6.62. The molecule has 6 nitrogen and oxygen atoms in total. The highest BCUT2D eigenvalue weighted by Crippen LogP contribution is 2.31. The second kappa shape index (κ2) is 8.93. The summed E-state index contributed by atoms with van der Waals surface area (Å²) in [5.41, 5.74) is 3.34. The highest BCUT2D eigenvalue weighted by atomic mass is 35.5. The number of aromatic nitrogens is 1. The predicted octanol–water partition coefficient (Wildman–Crippen LogP) is 5.82. The first kappa shape index (κ1) is 20.5.